The number of piperazine rings is 1. The zero-order valence-electron chi connectivity index (χ0n) is 32.4. The van der Waals surface area contributed by atoms with Gasteiger partial charge in [-0.25, -0.2) is 14.4 Å². The van der Waals surface area contributed by atoms with E-state index in [1.807, 2.05) is 87.9 Å². The molecule has 15 heteroatoms. The third-order valence-corrected chi connectivity index (χ3v) is 11.3. The Hall–Kier alpha value is -5.24. The number of aliphatic imine (C=N–C) groups is 1. The number of ether oxygens (including phenoxy) is 3. The monoisotopic (exact) mass is 855 g/mol. The molecule has 0 bridgehead atoms. The van der Waals surface area contributed by atoms with Crippen LogP contribution in [0.2, 0.25) is 15.1 Å². The van der Waals surface area contributed by atoms with E-state index in [2.05, 4.69) is 19.9 Å². The second kappa shape index (κ2) is 17.5. The van der Waals surface area contributed by atoms with Crippen LogP contribution in [0.25, 0.3) is 5.69 Å². The summed E-state index contributed by atoms with van der Waals surface area (Å²) in [7, 11) is 0. The fraction of sp³-hybridized carbons (Fsp3) is 0.273. The number of rotatable bonds is 8. The van der Waals surface area contributed by atoms with Crippen LogP contribution in [-0.2, 0) is 33.1 Å². The molecule has 3 aliphatic rings. The van der Waals surface area contributed by atoms with Gasteiger partial charge < -0.3 is 28.6 Å². The lowest BCUT2D eigenvalue weighted by atomic mass is 10.00. The van der Waals surface area contributed by atoms with E-state index in [0.29, 0.717) is 58.2 Å². The van der Waals surface area contributed by atoms with E-state index in [1.54, 1.807) is 43.7 Å². The van der Waals surface area contributed by atoms with Gasteiger partial charge >= 0.3 is 0 Å². The zero-order chi connectivity index (χ0) is 41.1. The van der Waals surface area contributed by atoms with Crippen LogP contribution >= 0.6 is 34.8 Å². The second-order valence-electron chi connectivity index (χ2n) is 14.4. The van der Waals surface area contributed by atoms with E-state index < -0.39 is 5.79 Å². The predicted octanol–water partition coefficient (Wildman–Crippen LogP) is 8.53. The molecule has 59 heavy (non-hydrogen) atoms. The van der Waals surface area contributed by atoms with Crippen LogP contribution in [0.3, 0.4) is 0 Å². The minimum absolute atomic E-state index is 0.129. The molecule has 3 aliphatic heterocycles. The van der Waals surface area contributed by atoms with Gasteiger partial charge in [0.05, 0.1) is 54.3 Å². The minimum Gasteiger partial charge on any atom is -0.491 e. The van der Waals surface area contributed by atoms with Crippen molar-refractivity contribution >= 4 is 52.1 Å². The van der Waals surface area contributed by atoms with Crippen LogP contribution in [0, 0.1) is 12.7 Å². The average molecular weight is 857 g/mol. The predicted molar refractivity (Wildman–Crippen MR) is 227 cm³/mol. The summed E-state index contributed by atoms with van der Waals surface area (Å²) in [6.45, 7) is 8.18. The second-order valence-corrected chi connectivity index (χ2v) is 15.7. The Kier molecular flexibility index (Phi) is 12.1. The highest BCUT2D eigenvalue weighted by Crippen LogP contribution is 2.41. The third-order valence-electron chi connectivity index (χ3n) is 10.5. The molecule has 2 aromatic heterocycles. The maximum absolute atomic E-state index is 14.3. The number of aryl methyl sites for hydroxylation is 1. The number of hydrogen-bond acceptors (Lipinski definition) is 8. The molecule has 0 N–H and O–H groups in total. The van der Waals surface area contributed by atoms with Crippen LogP contribution in [0.15, 0.2) is 115 Å². The SMILES string of the molecule is CC(=O)N1CCN(c2ccc(OC[C@H]3CO[C@](Cn4ccnc4)(c4ccc(Cl)cc4Cl)O3)cc2)CC1.Cc1ncc2n1-c1ccc(Cl)cc1C(c1ccccc1F)=NC2. The molecule has 2 atom stereocenters. The van der Waals surface area contributed by atoms with Gasteiger partial charge in [-0.2, -0.15) is 0 Å². The van der Waals surface area contributed by atoms with Gasteiger partial charge in [0.25, 0.3) is 0 Å². The summed E-state index contributed by atoms with van der Waals surface area (Å²) in [6.07, 6.45) is 6.79. The summed E-state index contributed by atoms with van der Waals surface area (Å²) in [5.74, 6) is 0.375. The number of nitrogens with zero attached hydrogens (tertiary/aromatic N) is 7. The van der Waals surface area contributed by atoms with Gasteiger partial charge in [-0.3, -0.25) is 14.4 Å². The zero-order valence-corrected chi connectivity index (χ0v) is 34.7. The fourth-order valence-corrected chi connectivity index (χ4v) is 8.28. The minimum atomic E-state index is -1.08. The Morgan fingerprint density at radius 3 is 2.44 bits per heavy atom. The van der Waals surface area contributed by atoms with E-state index in [-0.39, 0.29) is 17.8 Å². The Morgan fingerprint density at radius 2 is 1.71 bits per heavy atom. The number of fused-ring (bicyclic) bond motifs is 3. The topological polar surface area (TPSA) is 99.2 Å². The highest BCUT2D eigenvalue weighted by Gasteiger charge is 2.45. The van der Waals surface area contributed by atoms with Gasteiger partial charge in [0.2, 0.25) is 11.7 Å². The molecule has 0 unspecified atom stereocenters. The molecule has 5 heterocycles. The first-order valence-corrected chi connectivity index (χ1v) is 20.3. The lowest BCUT2D eigenvalue weighted by molar-refractivity contribution is -0.189. The number of carbonyl (C=O) groups excluding carboxylic acids is 1. The number of carbonyl (C=O) groups is 1. The average Bonchev–Trinajstić information content (AvgIpc) is 3.97. The molecule has 2 fully saturated rings. The van der Waals surface area contributed by atoms with Crippen molar-refractivity contribution in [3.63, 3.8) is 0 Å². The van der Waals surface area contributed by atoms with Gasteiger partial charge in [0.1, 0.15) is 30.1 Å². The molecule has 4 aromatic carbocycles. The van der Waals surface area contributed by atoms with E-state index in [9.17, 15) is 9.18 Å². The quantitative estimate of drug-likeness (QED) is 0.151. The molecular weight excluding hydrogens is 816 g/mol. The van der Waals surface area contributed by atoms with Gasteiger partial charge in [0, 0.05) is 77.9 Å². The number of amides is 1. The summed E-state index contributed by atoms with van der Waals surface area (Å²) in [5, 5.41) is 1.61. The van der Waals surface area contributed by atoms with Crippen molar-refractivity contribution in [1.29, 1.82) is 0 Å². The van der Waals surface area contributed by atoms with Crippen LogP contribution in [-0.4, -0.2) is 81.1 Å². The lowest BCUT2D eigenvalue weighted by Crippen LogP contribution is -2.48. The van der Waals surface area contributed by atoms with Gasteiger partial charge in [-0.1, -0.05) is 53.0 Å². The fourth-order valence-electron chi connectivity index (χ4n) is 7.55. The summed E-state index contributed by atoms with van der Waals surface area (Å²) in [5.41, 5.74) is 5.61. The van der Waals surface area contributed by atoms with E-state index >= 15 is 0 Å². The Balaban J connectivity index is 0.000000180. The maximum atomic E-state index is 14.3. The Bertz CT molecular complexity index is 2470. The highest BCUT2D eigenvalue weighted by molar-refractivity contribution is 6.35. The normalized spacial score (nSPS) is 18.6. The lowest BCUT2D eigenvalue weighted by Gasteiger charge is -2.35. The van der Waals surface area contributed by atoms with Crippen molar-refractivity contribution < 1.29 is 23.4 Å². The van der Waals surface area contributed by atoms with Gasteiger partial charge in [-0.05, 0) is 73.7 Å². The van der Waals surface area contributed by atoms with E-state index in [4.69, 9.17) is 49.0 Å². The van der Waals surface area contributed by atoms with E-state index in [0.717, 1.165) is 60.4 Å². The Labute approximate surface area is 356 Å². The number of hydrogen-bond donors (Lipinski definition) is 0. The molecule has 1 amide bonds. The van der Waals surface area contributed by atoms with Crippen molar-refractivity contribution in [3.8, 4) is 11.4 Å². The molecule has 6 aromatic rings. The summed E-state index contributed by atoms with van der Waals surface area (Å²) in [4.78, 5) is 28.8. The number of imidazole rings is 2. The van der Waals surface area contributed by atoms with Crippen molar-refractivity contribution in [2.24, 2.45) is 4.99 Å². The third kappa shape index (κ3) is 8.88. The number of aromatic nitrogens is 4. The molecular formula is C44H41Cl3FN7O4. The summed E-state index contributed by atoms with van der Waals surface area (Å²) < 4.78 is 37.0. The molecule has 0 aliphatic carbocycles. The largest absolute Gasteiger partial charge is 0.491 e. The first-order valence-electron chi connectivity index (χ1n) is 19.2. The highest BCUT2D eigenvalue weighted by atomic mass is 35.5. The summed E-state index contributed by atoms with van der Waals surface area (Å²) >= 11 is 18.8. The number of anilines is 1. The van der Waals surface area contributed by atoms with E-state index in [1.165, 1.54) is 6.07 Å². The molecule has 9 rings (SSSR count). The standard InChI is InChI=1S/C26H28Cl2N4O4.C18H13ClFN3/c1-19(33)31-10-12-32(13-11-31)21-3-5-22(6-4-21)34-15-23-16-35-26(36-23,17-30-9-8-29-18-30)24-7-2-20(27)14-25(24)28;1-11-21-9-13-10-22-18(14-4-2-3-5-16(14)20)15-8-12(19)6-7-17(15)23(11)13/h2-9,14,18,23H,10-13,15-17H2,1H3;2-9H,10H2,1H3/t23-,26-;/m0./s1. The van der Waals surface area contributed by atoms with Crippen molar-refractivity contribution in [3.05, 3.63) is 159 Å². The number of benzene rings is 4. The van der Waals surface area contributed by atoms with Crippen molar-refractivity contribution in [1.82, 2.24) is 24.0 Å². The van der Waals surface area contributed by atoms with Gasteiger partial charge in [-0.15, -0.1) is 0 Å². The van der Waals surface area contributed by atoms with Crippen LogP contribution in [0.1, 0.15) is 35.1 Å². The molecule has 304 valence electrons. The molecule has 0 saturated carbocycles. The van der Waals surface area contributed by atoms with Crippen LogP contribution < -0.4 is 9.64 Å². The Morgan fingerprint density at radius 1 is 0.949 bits per heavy atom. The van der Waals surface area contributed by atoms with Crippen molar-refractivity contribution in [2.75, 3.05) is 44.3 Å². The smallest absolute Gasteiger partial charge is 0.219 e. The number of halogens is 4. The first-order chi connectivity index (χ1) is 28.6. The molecule has 0 spiro atoms. The first kappa shape index (κ1) is 40.5. The molecule has 0 radical (unpaired) electrons. The molecule has 2 saturated heterocycles. The van der Waals surface area contributed by atoms with Crippen LogP contribution in [0.4, 0.5) is 10.1 Å². The van der Waals surface area contributed by atoms with Gasteiger partial charge in [0.15, 0.2) is 0 Å². The molecule has 11 nitrogen and oxygen atoms in total. The van der Waals surface area contributed by atoms with Crippen molar-refractivity contribution in [2.45, 2.75) is 38.8 Å². The summed E-state index contributed by atoms with van der Waals surface area (Å²) in [6, 6.07) is 25.5. The van der Waals surface area contributed by atoms with Crippen LogP contribution in [0.5, 0.6) is 5.75 Å². The maximum Gasteiger partial charge on any atom is 0.219 e.